The third-order valence-electron chi connectivity index (χ3n) is 3.56. The molecule has 0 bridgehead atoms. The molecule has 19 heavy (non-hydrogen) atoms. The Balaban J connectivity index is 1.70. The summed E-state index contributed by atoms with van der Waals surface area (Å²) in [4.78, 5) is 18.8. The number of fused-ring (bicyclic) bond motifs is 1. The van der Waals surface area contributed by atoms with Gasteiger partial charge in [-0.15, -0.1) is 11.3 Å². The summed E-state index contributed by atoms with van der Waals surface area (Å²) in [5.41, 5.74) is 0.818. The second-order valence-corrected chi connectivity index (χ2v) is 6.49. The van der Waals surface area contributed by atoms with E-state index < -0.39 is 0 Å². The Hall–Kier alpha value is -1.62. The van der Waals surface area contributed by atoms with E-state index in [1.54, 1.807) is 11.3 Å². The normalized spacial score (nSPS) is 18.1. The van der Waals surface area contributed by atoms with Gasteiger partial charge in [0.05, 0.1) is 5.56 Å². The lowest BCUT2D eigenvalue weighted by molar-refractivity contribution is 0.0927. The molecule has 1 aliphatic rings. The monoisotopic (exact) mass is 275 g/mol. The standard InChI is InChI=1S/C14H17N3OS/c1-9-7-12(10(2)19-9)14(18)16-11-3-4-13-15-5-6-17(13)8-11/h5-7,11H,3-4,8H2,1-2H3,(H,16,18). The lowest BCUT2D eigenvalue weighted by Gasteiger charge is -2.24. The number of carbonyl (C=O) groups excluding carboxylic acids is 1. The molecule has 1 atom stereocenters. The number of amides is 1. The first-order valence-corrected chi connectivity index (χ1v) is 7.33. The zero-order chi connectivity index (χ0) is 13.4. The molecule has 0 saturated carbocycles. The lowest BCUT2D eigenvalue weighted by atomic mass is 10.1. The molecule has 100 valence electrons. The van der Waals surface area contributed by atoms with Crippen LogP contribution in [0.1, 0.15) is 32.4 Å². The third kappa shape index (κ3) is 2.42. The van der Waals surface area contributed by atoms with Crippen LogP contribution >= 0.6 is 11.3 Å². The van der Waals surface area contributed by atoms with E-state index in [2.05, 4.69) is 14.9 Å². The van der Waals surface area contributed by atoms with Crippen LogP contribution in [0.15, 0.2) is 18.5 Å². The van der Waals surface area contributed by atoms with E-state index in [0.29, 0.717) is 0 Å². The van der Waals surface area contributed by atoms with Crippen molar-refractivity contribution in [3.63, 3.8) is 0 Å². The van der Waals surface area contributed by atoms with Gasteiger partial charge < -0.3 is 9.88 Å². The van der Waals surface area contributed by atoms with Crippen molar-refractivity contribution in [3.05, 3.63) is 39.6 Å². The van der Waals surface area contributed by atoms with Gasteiger partial charge in [0.25, 0.3) is 5.91 Å². The molecule has 1 unspecified atom stereocenters. The van der Waals surface area contributed by atoms with Gasteiger partial charge in [-0.1, -0.05) is 0 Å². The van der Waals surface area contributed by atoms with Crippen LogP contribution in [0.4, 0.5) is 0 Å². The third-order valence-corrected chi connectivity index (χ3v) is 4.52. The molecule has 2 aromatic rings. The van der Waals surface area contributed by atoms with Gasteiger partial charge in [-0.25, -0.2) is 4.98 Å². The molecule has 0 spiro atoms. The van der Waals surface area contributed by atoms with Gasteiger partial charge in [0, 0.05) is 41.2 Å². The molecule has 1 aliphatic heterocycles. The summed E-state index contributed by atoms with van der Waals surface area (Å²) in [5.74, 6) is 1.17. The number of nitrogens with one attached hydrogen (secondary N) is 1. The highest BCUT2D eigenvalue weighted by Crippen LogP contribution is 2.21. The Labute approximate surface area is 116 Å². The summed E-state index contributed by atoms with van der Waals surface area (Å²) >= 11 is 1.67. The first kappa shape index (κ1) is 12.4. The largest absolute Gasteiger partial charge is 0.347 e. The molecule has 3 heterocycles. The van der Waals surface area contributed by atoms with Crippen molar-refractivity contribution in [2.75, 3.05) is 0 Å². The lowest BCUT2D eigenvalue weighted by Crippen LogP contribution is -2.40. The van der Waals surface area contributed by atoms with Crippen LogP contribution < -0.4 is 5.32 Å². The molecule has 0 radical (unpaired) electrons. The molecule has 4 nitrogen and oxygen atoms in total. The average Bonchev–Trinajstić information content (AvgIpc) is 2.94. The number of nitrogens with zero attached hydrogens (tertiary/aromatic N) is 2. The quantitative estimate of drug-likeness (QED) is 0.914. The van der Waals surface area contributed by atoms with Gasteiger partial charge in [-0.05, 0) is 26.3 Å². The number of aryl methyl sites for hydroxylation is 3. The fourth-order valence-electron chi connectivity index (χ4n) is 2.60. The minimum Gasteiger partial charge on any atom is -0.347 e. The molecule has 1 N–H and O–H groups in total. The van der Waals surface area contributed by atoms with Gasteiger partial charge >= 0.3 is 0 Å². The molecule has 3 rings (SSSR count). The van der Waals surface area contributed by atoms with Crippen molar-refractivity contribution >= 4 is 17.2 Å². The summed E-state index contributed by atoms with van der Waals surface area (Å²) in [6.07, 6.45) is 5.70. The maximum atomic E-state index is 12.3. The van der Waals surface area contributed by atoms with Crippen LogP contribution in [0.5, 0.6) is 0 Å². The minimum absolute atomic E-state index is 0.0513. The first-order valence-electron chi connectivity index (χ1n) is 6.51. The Kier molecular flexibility index (Phi) is 3.14. The van der Waals surface area contributed by atoms with Gasteiger partial charge in [-0.2, -0.15) is 0 Å². The Morgan fingerprint density at radius 2 is 2.37 bits per heavy atom. The molecule has 0 aromatic carbocycles. The average molecular weight is 275 g/mol. The Morgan fingerprint density at radius 1 is 1.53 bits per heavy atom. The Morgan fingerprint density at radius 3 is 3.11 bits per heavy atom. The van der Waals surface area contributed by atoms with Crippen LogP contribution in [0.3, 0.4) is 0 Å². The van der Waals surface area contributed by atoms with E-state index in [9.17, 15) is 4.79 Å². The topological polar surface area (TPSA) is 46.9 Å². The maximum absolute atomic E-state index is 12.3. The van der Waals surface area contributed by atoms with Gasteiger partial charge in [0.15, 0.2) is 0 Å². The minimum atomic E-state index is 0.0513. The highest BCUT2D eigenvalue weighted by atomic mass is 32.1. The highest BCUT2D eigenvalue weighted by molar-refractivity contribution is 7.12. The van der Waals surface area contributed by atoms with E-state index in [1.807, 2.05) is 32.3 Å². The zero-order valence-electron chi connectivity index (χ0n) is 11.1. The van der Waals surface area contributed by atoms with Gasteiger partial charge in [-0.3, -0.25) is 4.79 Å². The van der Waals surface area contributed by atoms with Crippen LogP contribution in [0.2, 0.25) is 0 Å². The van der Waals surface area contributed by atoms with E-state index in [1.165, 1.54) is 4.88 Å². The predicted octanol–water partition coefficient (Wildman–Crippen LogP) is 2.31. The van der Waals surface area contributed by atoms with Gasteiger partial charge in [0.2, 0.25) is 0 Å². The van der Waals surface area contributed by atoms with E-state index >= 15 is 0 Å². The Bertz CT molecular complexity index is 614. The van der Waals surface area contributed by atoms with Crippen LogP contribution in [0.25, 0.3) is 0 Å². The number of carbonyl (C=O) groups is 1. The molecule has 2 aromatic heterocycles. The van der Waals surface area contributed by atoms with Crippen molar-refractivity contribution in [2.45, 2.75) is 39.3 Å². The number of imidazole rings is 1. The van der Waals surface area contributed by atoms with E-state index in [0.717, 1.165) is 35.7 Å². The summed E-state index contributed by atoms with van der Waals surface area (Å²) in [6, 6.07) is 2.18. The van der Waals surface area contributed by atoms with Crippen LogP contribution in [-0.2, 0) is 13.0 Å². The number of aromatic nitrogens is 2. The van der Waals surface area contributed by atoms with Crippen LogP contribution in [-0.4, -0.2) is 21.5 Å². The fraction of sp³-hybridized carbons (Fsp3) is 0.429. The zero-order valence-corrected chi connectivity index (χ0v) is 12.0. The molecule has 5 heteroatoms. The van der Waals surface area contributed by atoms with E-state index in [-0.39, 0.29) is 11.9 Å². The predicted molar refractivity (Wildman–Crippen MR) is 75.6 cm³/mol. The molecule has 1 amide bonds. The highest BCUT2D eigenvalue weighted by Gasteiger charge is 2.21. The summed E-state index contributed by atoms with van der Waals surface area (Å²) in [6.45, 7) is 4.86. The van der Waals surface area contributed by atoms with Crippen molar-refractivity contribution in [3.8, 4) is 0 Å². The fourth-order valence-corrected chi connectivity index (χ4v) is 3.53. The molecule has 0 saturated heterocycles. The molecular formula is C14H17N3OS. The van der Waals surface area contributed by atoms with Gasteiger partial charge in [0.1, 0.15) is 5.82 Å². The number of hydrogen-bond donors (Lipinski definition) is 1. The SMILES string of the molecule is Cc1cc(C(=O)NC2CCc3nccn3C2)c(C)s1. The van der Waals surface area contributed by atoms with Crippen molar-refractivity contribution < 1.29 is 4.79 Å². The second kappa shape index (κ2) is 4.81. The molecule has 0 fully saturated rings. The number of hydrogen-bond acceptors (Lipinski definition) is 3. The first-order chi connectivity index (χ1) is 9.13. The van der Waals surface area contributed by atoms with Crippen molar-refractivity contribution in [1.82, 2.24) is 14.9 Å². The summed E-state index contributed by atoms with van der Waals surface area (Å²) in [5, 5.41) is 3.14. The second-order valence-electron chi connectivity index (χ2n) is 5.03. The summed E-state index contributed by atoms with van der Waals surface area (Å²) < 4.78 is 2.13. The smallest absolute Gasteiger partial charge is 0.252 e. The number of rotatable bonds is 2. The molecular weight excluding hydrogens is 258 g/mol. The summed E-state index contributed by atoms with van der Waals surface area (Å²) in [7, 11) is 0. The van der Waals surface area contributed by atoms with Crippen molar-refractivity contribution in [1.29, 1.82) is 0 Å². The van der Waals surface area contributed by atoms with Crippen LogP contribution in [0, 0.1) is 13.8 Å². The number of thiophene rings is 1. The van der Waals surface area contributed by atoms with Crippen molar-refractivity contribution in [2.24, 2.45) is 0 Å². The maximum Gasteiger partial charge on any atom is 0.252 e. The van der Waals surface area contributed by atoms with E-state index in [4.69, 9.17) is 0 Å². The molecule has 0 aliphatic carbocycles.